The molecule has 0 saturated carbocycles. The van der Waals surface area contributed by atoms with Gasteiger partial charge < -0.3 is 0 Å². The van der Waals surface area contributed by atoms with E-state index in [-0.39, 0.29) is 21.7 Å². The van der Waals surface area contributed by atoms with Crippen LogP contribution in [0.2, 0.25) is 0 Å². The highest BCUT2D eigenvalue weighted by atomic mass is 15.0. The number of hydrogen-bond acceptors (Lipinski definition) is 4. The van der Waals surface area contributed by atoms with Crippen molar-refractivity contribution in [3.8, 4) is 0 Å². The molecule has 0 fully saturated rings. The molecule has 0 aliphatic carbocycles. The van der Waals surface area contributed by atoms with Gasteiger partial charge in [-0.15, -0.1) is 0 Å². The fourth-order valence-corrected chi connectivity index (χ4v) is 7.88. The van der Waals surface area contributed by atoms with Gasteiger partial charge in [-0.05, 0) is 71.2 Å². The summed E-state index contributed by atoms with van der Waals surface area (Å²) in [7, 11) is 0. The molecule has 50 heavy (non-hydrogen) atoms. The third-order valence-corrected chi connectivity index (χ3v) is 11.0. The second-order valence-electron chi connectivity index (χ2n) is 17.8. The highest BCUT2D eigenvalue weighted by molar-refractivity contribution is 6.12. The molecule has 254 valence electrons. The Labute approximate surface area is 294 Å². The summed E-state index contributed by atoms with van der Waals surface area (Å²) in [6, 6.07) is 21.7. The second kappa shape index (κ2) is 10.8. The molecule has 8 rings (SSSR count). The maximum absolute atomic E-state index is 5.44. The van der Waals surface area contributed by atoms with Gasteiger partial charge in [0.15, 0.2) is 0 Å². The van der Waals surface area contributed by atoms with E-state index in [0.717, 1.165) is 68.4 Å². The van der Waals surface area contributed by atoms with Crippen molar-refractivity contribution in [3.63, 3.8) is 0 Å². The number of fused-ring (bicyclic) bond motifs is 12. The van der Waals surface area contributed by atoms with E-state index in [2.05, 4.69) is 139 Å². The molecule has 0 aliphatic heterocycles. The predicted octanol–water partition coefficient (Wildman–Crippen LogP) is 10.8. The monoisotopic (exact) mass is 660 g/mol. The van der Waals surface area contributed by atoms with Crippen molar-refractivity contribution in [1.82, 2.24) is 28.7 Å². The minimum absolute atomic E-state index is 0.144. The van der Waals surface area contributed by atoms with Crippen LogP contribution in [0.3, 0.4) is 0 Å². The van der Waals surface area contributed by atoms with Crippen LogP contribution in [0.4, 0.5) is 0 Å². The smallest absolute Gasteiger partial charge is 0.147 e. The van der Waals surface area contributed by atoms with E-state index in [1.807, 2.05) is 24.5 Å². The number of rotatable bonds is 5. The molecule has 6 aromatic heterocycles. The van der Waals surface area contributed by atoms with Crippen molar-refractivity contribution >= 4 is 54.9 Å². The van der Waals surface area contributed by atoms with Crippen LogP contribution < -0.4 is 0 Å². The first-order chi connectivity index (χ1) is 23.5. The summed E-state index contributed by atoms with van der Waals surface area (Å²) in [6.07, 6.45) is 10.3. The number of pyridine rings is 4. The molecule has 0 atom stereocenters. The van der Waals surface area contributed by atoms with Crippen molar-refractivity contribution in [2.45, 2.75) is 92.9 Å². The summed E-state index contributed by atoms with van der Waals surface area (Å²) in [5.41, 5.74) is 10.4. The molecule has 2 aromatic carbocycles. The fourth-order valence-electron chi connectivity index (χ4n) is 7.88. The van der Waals surface area contributed by atoms with E-state index in [9.17, 15) is 0 Å². The van der Waals surface area contributed by atoms with Gasteiger partial charge in [-0.25, -0.2) is 9.97 Å². The van der Waals surface area contributed by atoms with Crippen LogP contribution in [0.15, 0.2) is 85.5 Å². The van der Waals surface area contributed by atoms with E-state index < -0.39 is 0 Å². The number of hydrogen-bond donors (Lipinski definition) is 0. The molecule has 6 heterocycles. The summed E-state index contributed by atoms with van der Waals surface area (Å²) >= 11 is 0. The maximum atomic E-state index is 5.44. The first kappa shape index (κ1) is 32.4. The first-order valence-corrected chi connectivity index (χ1v) is 17.9. The average Bonchev–Trinajstić information content (AvgIpc) is 3.71. The van der Waals surface area contributed by atoms with Gasteiger partial charge in [0.25, 0.3) is 0 Å². The molecule has 0 amide bonds. The van der Waals surface area contributed by atoms with Crippen LogP contribution in [-0.4, -0.2) is 28.7 Å². The van der Waals surface area contributed by atoms with Crippen LogP contribution in [0.25, 0.3) is 54.9 Å². The zero-order valence-electron chi connectivity index (χ0n) is 31.2. The topological polar surface area (TPSA) is 60.4 Å². The number of aromatic nitrogens is 6. The molecule has 8 aromatic rings. The van der Waals surface area contributed by atoms with Crippen LogP contribution in [0.5, 0.6) is 0 Å². The van der Waals surface area contributed by atoms with Crippen molar-refractivity contribution in [3.05, 3.63) is 108 Å². The van der Waals surface area contributed by atoms with Crippen LogP contribution in [0.1, 0.15) is 91.8 Å². The number of nitrogens with zero attached hydrogens (tertiary/aromatic N) is 6. The summed E-state index contributed by atoms with van der Waals surface area (Å²) in [6.45, 7) is 23.0. The quantitative estimate of drug-likeness (QED) is 0.172. The fraction of sp³-hybridized carbons (Fsp3) is 0.364. The van der Waals surface area contributed by atoms with Gasteiger partial charge in [0.2, 0.25) is 0 Å². The van der Waals surface area contributed by atoms with Gasteiger partial charge in [0, 0.05) is 57.2 Å². The van der Waals surface area contributed by atoms with E-state index in [1.54, 1.807) is 0 Å². The van der Waals surface area contributed by atoms with Gasteiger partial charge in [-0.3, -0.25) is 18.8 Å². The normalized spacial score (nSPS) is 13.6. The molecule has 6 heteroatoms. The Morgan fingerprint density at radius 1 is 0.500 bits per heavy atom. The Morgan fingerprint density at radius 2 is 0.900 bits per heavy atom. The van der Waals surface area contributed by atoms with Gasteiger partial charge in [0.05, 0.1) is 33.5 Å². The van der Waals surface area contributed by atoms with Gasteiger partial charge >= 0.3 is 0 Å². The van der Waals surface area contributed by atoms with E-state index >= 15 is 0 Å². The third kappa shape index (κ3) is 4.98. The maximum Gasteiger partial charge on any atom is 0.147 e. The van der Waals surface area contributed by atoms with Crippen molar-refractivity contribution in [1.29, 1.82) is 0 Å². The van der Waals surface area contributed by atoms with Gasteiger partial charge in [-0.2, -0.15) is 0 Å². The summed E-state index contributed by atoms with van der Waals surface area (Å²) in [4.78, 5) is 20.8. The van der Waals surface area contributed by atoms with Crippen molar-refractivity contribution in [2.75, 3.05) is 0 Å². The Hall–Kier alpha value is -4.84. The highest BCUT2D eigenvalue weighted by Crippen LogP contribution is 2.45. The minimum Gasteiger partial charge on any atom is -0.299 e. The molecule has 6 nitrogen and oxygen atoms in total. The molecular weight excluding hydrogens is 613 g/mol. The number of benzene rings is 2. The third-order valence-electron chi connectivity index (χ3n) is 11.0. The molecule has 0 aliphatic rings. The lowest BCUT2D eigenvalue weighted by Crippen LogP contribution is -2.41. The minimum atomic E-state index is -0.387. The van der Waals surface area contributed by atoms with E-state index in [4.69, 9.17) is 19.9 Å². The largest absolute Gasteiger partial charge is 0.299 e. The summed E-state index contributed by atoms with van der Waals surface area (Å²) in [5.74, 6) is 0. The SMILES string of the molecule is CC(C)(C)Cc1cccc2c1c1ncccc1c1nc(C(C)(C)C(C)(C)c3cn4c5cccc(CC(C)(C)C)c5c5ncccc5c4n3)cn21. The van der Waals surface area contributed by atoms with Crippen LogP contribution >= 0.6 is 0 Å². The average molecular weight is 661 g/mol. The van der Waals surface area contributed by atoms with E-state index in [1.165, 1.54) is 21.9 Å². The molecule has 0 bridgehead atoms. The molecule has 0 radical (unpaired) electrons. The molecular formula is C44H48N6. The zero-order chi connectivity index (χ0) is 35.4. The predicted molar refractivity (Wildman–Crippen MR) is 208 cm³/mol. The molecule has 0 unspecified atom stereocenters. The number of imidazole rings is 2. The van der Waals surface area contributed by atoms with Crippen LogP contribution in [0, 0.1) is 10.8 Å². The lowest BCUT2D eigenvalue weighted by atomic mass is 9.64. The Kier molecular flexibility index (Phi) is 7.01. The lowest BCUT2D eigenvalue weighted by Gasteiger charge is -2.39. The Balaban J connectivity index is 1.33. The van der Waals surface area contributed by atoms with Crippen molar-refractivity contribution in [2.24, 2.45) is 10.8 Å². The molecule has 0 saturated heterocycles. The summed E-state index contributed by atoms with van der Waals surface area (Å²) < 4.78 is 4.59. The van der Waals surface area contributed by atoms with Gasteiger partial charge in [0.1, 0.15) is 11.3 Å². The first-order valence-electron chi connectivity index (χ1n) is 17.9. The summed E-state index contributed by atoms with van der Waals surface area (Å²) in [5, 5.41) is 4.58. The zero-order valence-corrected chi connectivity index (χ0v) is 31.2. The van der Waals surface area contributed by atoms with Crippen molar-refractivity contribution < 1.29 is 0 Å². The molecule has 0 N–H and O–H groups in total. The Bertz CT molecular complexity index is 2440. The Morgan fingerprint density at radius 3 is 1.28 bits per heavy atom. The molecule has 0 spiro atoms. The standard InChI is InChI=1S/C44H48N6/c1-41(2,3)23-27-15-11-19-31-35(27)37-29(17-13-21-45-37)39-47-33(25-49(31)39)43(7,8)44(9,10)34-26-50-32-20-12-16-28(24-42(4,5)6)36(32)38-30(40(50)48-34)18-14-22-46-38/h11-22,25-26H,23-24H2,1-10H3. The van der Waals surface area contributed by atoms with Gasteiger partial charge in [-0.1, -0.05) is 93.5 Å². The van der Waals surface area contributed by atoms with E-state index in [0.29, 0.717) is 0 Å². The van der Waals surface area contributed by atoms with Crippen LogP contribution in [-0.2, 0) is 23.7 Å². The highest BCUT2D eigenvalue weighted by Gasteiger charge is 2.44. The second-order valence-corrected chi connectivity index (χ2v) is 17.8. The lowest BCUT2D eigenvalue weighted by molar-refractivity contribution is 0.290.